The van der Waals surface area contributed by atoms with Crippen LogP contribution in [-0.4, -0.2) is 57.8 Å². The van der Waals surface area contributed by atoms with Crippen LogP contribution >= 0.6 is 11.6 Å². The van der Waals surface area contributed by atoms with Gasteiger partial charge in [0.2, 0.25) is 5.91 Å². The second kappa shape index (κ2) is 7.40. The molecule has 1 aromatic heterocycles. The van der Waals surface area contributed by atoms with Gasteiger partial charge in [0.25, 0.3) is 5.91 Å². The van der Waals surface area contributed by atoms with Gasteiger partial charge >= 0.3 is 0 Å². The van der Waals surface area contributed by atoms with Crippen LogP contribution < -0.4 is 0 Å². The molecule has 0 radical (unpaired) electrons. The van der Waals surface area contributed by atoms with Crippen LogP contribution in [-0.2, 0) is 11.2 Å². The molecule has 3 rings (SSSR count). The van der Waals surface area contributed by atoms with Gasteiger partial charge in [-0.25, -0.2) is 4.98 Å². The number of carbonyl (C=O) groups is 2. The highest BCUT2D eigenvalue weighted by Crippen LogP contribution is 2.12. The lowest BCUT2D eigenvalue weighted by molar-refractivity contribution is -0.131. The Morgan fingerprint density at radius 1 is 1.00 bits per heavy atom. The summed E-state index contributed by atoms with van der Waals surface area (Å²) in [5.41, 5.74) is 1.26. The summed E-state index contributed by atoms with van der Waals surface area (Å²) < 4.78 is 0. The second-order valence-corrected chi connectivity index (χ2v) is 6.00. The van der Waals surface area contributed by atoms with Gasteiger partial charge in [0, 0.05) is 43.6 Å². The Morgan fingerprint density at radius 3 is 2.29 bits per heavy atom. The van der Waals surface area contributed by atoms with E-state index in [1.165, 1.54) is 18.6 Å². The Bertz CT molecular complexity index is 713. The maximum atomic E-state index is 12.4. The summed E-state index contributed by atoms with van der Waals surface area (Å²) in [6.07, 6.45) is 4.83. The number of nitrogens with zero attached hydrogens (tertiary/aromatic N) is 4. The van der Waals surface area contributed by atoms with E-state index in [4.69, 9.17) is 11.6 Å². The zero-order valence-corrected chi connectivity index (χ0v) is 13.8. The van der Waals surface area contributed by atoms with Crippen molar-refractivity contribution >= 4 is 23.4 Å². The third-order valence-electron chi connectivity index (χ3n) is 3.97. The maximum absolute atomic E-state index is 12.4. The lowest BCUT2D eigenvalue weighted by Gasteiger charge is -2.34. The molecule has 0 saturated carbocycles. The summed E-state index contributed by atoms with van der Waals surface area (Å²) in [5.74, 6) is -0.0863. The van der Waals surface area contributed by atoms with Crippen LogP contribution in [0.2, 0.25) is 5.02 Å². The zero-order valence-electron chi connectivity index (χ0n) is 13.1. The van der Waals surface area contributed by atoms with Gasteiger partial charge < -0.3 is 9.80 Å². The van der Waals surface area contributed by atoms with E-state index in [1.807, 2.05) is 12.1 Å². The largest absolute Gasteiger partial charge is 0.339 e. The number of benzene rings is 1. The third kappa shape index (κ3) is 3.89. The van der Waals surface area contributed by atoms with Gasteiger partial charge in [-0.2, -0.15) is 0 Å². The average Bonchev–Trinajstić information content (AvgIpc) is 2.64. The van der Waals surface area contributed by atoms with Gasteiger partial charge in [-0.1, -0.05) is 23.7 Å². The summed E-state index contributed by atoms with van der Waals surface area (Å²) in [5, 5.41) is 0.655. The Hall–Kier alpha value is -2.47. The standard InChI is InChI=1S/C17H17ClN4O2/c18-14-3-1-13(2-4-14)11-16(23)21-7-9-22(10-8-21)17(24)15-12-19-5-6-20-15/h1-6,12H,7-11H2. The minimum absolute atomic E-state index is 0.0592. The molecule has 0 bridgehead atoms. The van der Waals surface area contributed by atoms with E-state index in [0.717, 1.165) is 5.56 Å². The summed E-state index contributed by atoms with van der Waals surface area (Å²) in [6.45, 7) is 2.06. The molecule has 0 spiro atoms. The molecule has 2 heterocycles. The summed E-state index contributed by atoms with van der Waals surface area (Å²) in [4.78, 5) is 36.1. The van der Waals surface area contributed by atoms with Crippen LogP contribution in [0.1, 0.15) is 16.1 Å². The van der Waals surface area contributed by atoms with Gasteiger partial charge in [0.15, 0.2) is 0 Å². The third-order valence-corrected chi connectivity index (χ3v) is 4.22. The van der Waals surface area contributed by atoms with Crippen LogP contribution in [0.5, 0.6) is 0 Å². The lowest BCUT2D eigenvalue weighted by Crippen LogP contribution is -2.51. The molecule has 1 aromatic carbocycles. The molecule has 0 aliphatic carbocycles. The first kappa shape index (κ1) is 16.4. The Morgan fingerprint density at radius 2 is 1.67 bits per heavy atom. The molecular formula is C17H17ClN4O2. The van der Waals surface area contributed by atoms with Crippen LogP contribution in [0.3, 0.4) is 0 Å². The molecule has 1 saturated heterocycles. The topological polar surface area (TPSA) is 66.4 Å². The van der Waals surface area contributed by atoms with Crippen molar-refractivity contribution in [3.63, 3.8) is 0 Å². The Balaban J connectivity index is 1.54. The number of hydrogen-bond donors (Lipinski definition) is 0. The molecule has 6 nitrogen and oxygen atoms in total. The molecule has 1 aliphatic rings. The van der Waals surface area contributed by atoms with E-state index in [2.05, 4.69) is 9.97 Å². The van der Waals surface area contributed by atoms with Crippen molar-refractivity contribution < 1.29 is 9.59 Å². The molecule has 0 N–H and O–H groups in total. The lowest BCUT2D eigenvalue weighted by atomic mass is 10.1. The predicted octanol–water partition coefficient (Wildman–Crippen LogP) is 1.66. The number of rotatable bonds is 3. The maximum Gasteiger partial charge on any atom is 0.274 e. The monoisotopic (exact) mass is 344 g/mol. The fourth-order valence-corrected chi connectivity index (χ4v) is 2.75. The van der Waals surface area contributed by atoms with Crippen LogP contribution in [0.25, 0.3) is 0 Å². The first-order chi connectivity index (χ1) is 11.6. The van der Waals surface area contributed by atoms with Crippen LogP contribution in [0, 0.1) is 0 Å². The molecule has 2 amide bonds. The summed E-state index contributed by atoms with van der Waals surface area (Å²) >= 11 is 5.85. The van der Waals surface area contributed by atoms with Crippen LogP contribution in [0.4, 0.5) is 0 Å². The first-order valence-corrected chi connectivity index (χ1v) is 8.09. The van der Waals surface area contributed by atoms with E-state index < -0.39 is 0 Å². The zero-order chi connectivity index (χ0) is 16.9. The summed E-state index contributed by atoms with van der Waals surface area (Å²) in [6, 6.07) is 7.27. The van der Waals surface area contributed by atoms with Gasteiger partial charge in [0.1, 0.15) is 5.69 Å². The molecular weight excluding hydrogens is 328 g/mol. The van der Waals surface area contributed by atoms with Crippen LogP contribution in [0.15, 0.2) is 42.9 Å². The molecule has 7 heteroatoms. The predicted molar refractivity (Wildman–Crippen MR) is 89.7 cm³/mol. The van der Waals surface area contributed by atoms with Gasteiger partial charge in [-0.05, 0) is 17.7 Å². The molecule has 2 aromatic rings. The van der Waals surface area contributed by atoms with Crippen molar-refractivity contribution in [1.82, 2.24) is 19.8 Å². The van der Waals surface area contributed by atoms with Crippen molar-refractivity contribution in [1.29, 1.82) is 0 Å². The molecule has 124 valence electrons. The number of hydrogen-bond acceptors (Lipinski definition) is 4. The highest BCUT2D eigenvalue weighted by atomic mass is 35.5. The average molecular weight is 345 g/mol. The number of aromatic nitrogens is 2. The van der Waals surface area contributed by atoms with Gasteiger partial charge in [-0.15, -0.1) is 0 Å². The molecule has 0 unspecified atom stereocenters. The highest BCUT2D eigenvalue weighted by Gasteiger charge is 2.25. The molecule has 1 fully saturated rings. The summed E-state index contributed by atoms with van der Waals surface area (Å²) in [7, 11) is 0. The second-order valence-electron chi connectivity index (χ2n) is 5.57. The van der Waals surface area contributed by atoms with Gasteiger partial charge in [-0.3, -0.25) is 14.6 Å². The normalized spacial score (nSPS) is 14.5. The minimum atomic E-state index is -0.145. The van der Waals surface area contributed by atoms with Crippen molar-refractivity contribution in [2.75, 3.05) is 26.2 Å². The van der Waals surface area contributed by atoms with Crippen molar-refractivity contribution in [3.8, 4) is 0 Å². The van der Waals surface area contributed by atoms with E-state index in [-0.39, 0.29) is 11.8 Å². The van der Waals surface area contributed by atoms with Crippen molar-refractivity contribution in [2.24, 2.45) is 0 Å². The SMILES string of the molecule is O=C(Cc1ccc(Cl)cc1)N1CCN(C(=O)c2cnccn2)CC1. The van der Waals surface area contributed by atoms with E-state index in [1.54, 1.807) is 21.9 Å². The number of carbonyl (C=O) groups excluding carboxylic acids is 2. The first-order valence-electron chi connectivity index (χ1n) is 7.71. The van der Waals surface area contributed by atoms with Gasteiger partial charge in [0.05, 0.1) is 12.6 Å². The number of piperazine rings is 1. The Labute approximate surface area is 145 Å². The van der Waals surface area contributed by atoms with E-state index in [0.29, 0.717) is 43.3 Å². The molecule has 24 heavy (non-hydrogen) atoms. The number of amides is 2. The molecule has 0 atom stereocenters. The smallest absolute Gasteiger partial charge is 0.274 e. The fraction of sp³-hybridized carbons (Fsp3) is 0.294. The quantitative estimate of drug-likeness (QED) is 0.849. The number of halogens is 1. The van der Waals surface area contributed by atoms with Crippen molar-refractivity contribution in [3.05, 3.63) is 59.1 Å². The van der Waals surface area contributed by atoms with E-state index >= 15 is 0 Å². The fourth-order valence-electron chi connectivity index (χ4n) is 2.62. The van der Waals surface area contributed by atoms with E-state index in [9.17, 15) is 9.59 Å². The Kier molecular flexibility index (Phi) is 5.05. The minimum Gasteiger partial charge on any atom is -0.339 e. The highest BCUT2D eigenvalue weighted by molar-refractivity contribution is 6.30. The van der Waals surface area contributed by atoms with Crippen molar-refractivity contribution in [2.45, 2.75) is 6.42 Å². The molecule has 1 aliphatic heterocycles.